The number of rotatable bonds is 3. The van der Waals surface area contributed by atoms with Crippen LogP contribution < -0.4 is 10.5 Å². The Morgan fingerprint density at radius 3 is 2.56 bits per heavy atom. The Labute approximate surface area is 106 Å². The summed E-state index contributed by atoms with van der Waals surface area (Å²) in [6.45, 7) is 1.98. The normalized spacial score (nSPS) is 12.2. The number of benzene rings is 2. The first-order valence-electron chi connectivity index (χ1n) is 5.78. The molecule has 94 valence electrons. The van der Waals surface area contributed by atoms with Gasteiger partial charge in [0, 0.05) is 5.56 Å². The summed E-state index contributed by atoms with van der Waals surface area (Å²) in [7, 11) is 1.44. The van der Waals surface area contributed by atoms with Crippen molar-refractivity contribution in [2.75, 3.05) is 7.11 Å². The molecule has 0 spiro atoms. The van der Waals surface area contributed by atoms with Crippen LogP contribution in [0.25, 0.3) is 0 Å². The van der Waals surface area contributed by atoms with Crippen molar-refractivity contribution in [3.63, 3.8) is 0 Å². The molecule has 0 aliphatic heterocycles. The maximum absolute atomic E-state index is 14.1. The maximum atomic E-state index is 14.1. The summed E-state index contributed by atoms with van der Waals surface area (Å²) in [5.74, 6) is -0.176. The maximum Gasteiger partial charge on any atom is 0.170 e. The van der Waals surface area contributed by atoms with E-state index in [1.54, 1.807) is 18.2 Å². The Morgan fingerprint density at radius 1 is 1.17 bits per heavy atom. The average molecular weight is 245 g/mol. The summed E-state index contributed by atoms with van der Waals surface area (Å²) >= 11 is 0. The van der Waals surface area contributed by atoms with Crippen LogP contribution in [0.2, 0.25) is 0 Å². The van der Waals surface area contributed by atoms with Crippen LogP contribution in [0.4, 0.5) is 4.39 Å². The Hall–Kier alpha value is -1.87. The van der Waals surface area contributed by atoms with Gasteiger partial charge in [-0.1, -0.05) is 42.0 Å². The molecule has 2 aromatic rings. The van der Waals surface area contributed by atoms with Gasteiger partial charge in [-0.15, -0.1) is 0 Å². The van der Waals surface area contributed by atoms with Gasteiger partial charge in [0.1, 0.15) is 0 Å². The van der Waals surface area contributed by atoms with Gasteiger partial charge in [0.05, 0.1) is 13.2 Å². The molecule has 0 radical (unpaired) electrons. The van der Waals surface area contributed by atoms with E-state index in [0.29, 0.717) is 5.56 Å². The number of nitrogens with two attached hydrogens (primary N) is 1. The predicted molar refractivity (Wildman–Crippen MR) is 70.2 cm³/mol. The van der Waals surface area contributed by atoms with Crippen LogP contribution in [-0.4, -0.2) is 7.11 Å². The molecule has 1 atom stereocenters. The molecular formula is C15H16FNO. The number of halogens is 1. The molecule has 1 unspecified atom stereocenters. The summed E-state index contributed by atoms with van der Waals surface area (Å²) in [5, 5.41) is 0. The summed E-state index contributed by atoms with van der Waals surface area (Å²) in [6, 6.07) is 12.3. The summed E-state index contributed by atoms with van der Waals surface area (Å²) in [4.78, 5) is 0. The van der Waals surface area contributed by atoms with E-state index >= 15 is 0 Å². The van der Waals surface area contributed by atoms with Gasteiger partial charge in [0.2, 0.25) is 0 Å². The number of hydrogen-bond donors (Lipinski definition) is 1. The molecule has 18 heavy (non-hydrogen) atoms. The number of aryl methyl sites for hydroxylation is 1. The second-order valence-corrected chi connectivity index (χ2v) is 4.26. The van der Waals surface area contributed by atoms with E-state index in [1.165, 1.54) is 7.11 Å². The van der Waals surface area contributed by atoms with Gasteiger partial charge in [0.25, 0.3) is 0 Å². The number of ether oxygens (including phenoxy) is 1. The summed E-state index contributed by atoms with van der Waals surface area (Å²) < 4.78 is 19.1. The zero-order valence-corrected chi connectivity index (χ0v) is 10.5. The van der Waals surface area contributed by atoms with Gasteiger partial charge in [0.15, 0.2) is 11.6 Å². The van der Waals surface area contributed by atoms with E-state index in [9.17, 15) is 4.39 Å². The summed E-state index contributed by atoms with van der Waals surface area (Å²) in [5.41, 5.74) is 8.55. The standard InChI is InChI=1S/C15H16FNO/c1-10-5-3-6-11(9-10)15(17)12-7-4-8-13(18-2)14(12)16/h3-9,15H,17H2,1-2H3. The molecular weight excluding hydrogens is 229 g/mol. The monoisotopic (exact) mass is 245 g/mol. The molecule has 2 nitrogen and oxygen atoms in total. The Kier molecular flexibility index (Phi) is 3.63. The molecule has 3 heteroatoms. The van der Waals surface area contributed by atoms with Crippen LogP contribution in [0, 0.1) is 12.7 Å². The minimum atomic E-state index is -0.486. The molecule has 0 amide bonds. The van der Waals surface area contributed by atoms with Crippen LogP contribution in [0.15, 0.2) is 42.5 Å². The van der Waals surface area contributed by atoms with Gasteiger partial charge in [-0.25, -0.2) is 4.39 Å². The molecule has 0 bridgehead atoms. The highest BCUT2D eigenvalue weighted by Gasteiger charge is 2.16. The third kappa shape index (κ3) is 2.36. The number of hydrogen-bond acceptors (Lipinski definition) is 2. The highest BCUT2D eigenvalue weighted by Crippen LogP contribution is 2.27. The minimum Gasteiger partial charge on any atom is -0.494 e. The third-order valence-corrected chi connectivity index (χ3v) is 2.95. The molecule has 0 fully saturated rings. The molecule has 2 aromatic carbocycles. The fourth-order valence-electron chi connectivity index (χ4n) is 1.97. The van der Waals surface area contributed by atoms with Gasteiger partial charge < -0.3 is 10.5 Å². The van der Waals surface area contributed by atoms with Gasteiger partial charge in [-0.2, -0.15) is 0 Å². The molecule has 2 N–H and O–H groups in total. The molecule has 0 aromatic heterocycles. The van der Waals surface area contributed by atoms with Crippen molar-refractivity contribution >= 4 is 0 Å². The average Bonchev–Trinajstić information content (AvgIpc) is 2.38. The fraction of sp³-hybridized carbons (Fsp3) is 0.200. The molecule has 0 heterocycles. The highest BCUT2D eigenvalue weighted by molar-refractivity contribution is 5.39. The molecule has 2 rings (SSSR count). The lowest BCUT2D eigenvalue weighted by Crippen LogP contribution is -2.14. The lowest BCUT2D eigenvalue weighted by Gasteiger charge is -2.15. The zero-order valence-electron chi connectivity index (χ0n) is 10.5. The van der Waals surface area contributed by atoms with Crippen LogP contribution >= 0.6 is 0 Å². The van der Waals surface area contributed by atoms with Crippen molar-refractivity contribution in [1.29, 1.82) is 0 Å². The Morgan fingerprint density at radius 2 is 1.89 bits per heavy atom. The van der Waals surface area contributed by atoms with Gasteiger partial charge in [-0.05, 0) is 18.6 Å². The van der Waals surface area contributed by atoms with Gasteiger partial charge in [-0.3, -0.25) is 0 Å². The molecule has 0 aliphatic rings. The van der Waals surface area contributed by atoms with E-state index in [4.69, 9.17) is 10.5 Å². The predicted octanol–water partition coefficient (Wildman–Crippen LogP) is 3.19. The van der Waals surface area contributed by atoms with Crippen molar-refractivity contribution in [1.82, 2.24) is 0 Å². The Balaban J connectivity index is 2.43. The Bertz CT molecular complexity index is 554. The number of methoxy groups -OCH3 is 1. The SMILES string of the molecule is COc1cccc(C(N)c2cccc(C)c2)c1F. The second kappa shape index (κ2) is 5.19. The van der Waals surface area contributed by atoms with E-state index in [1.807, 2.05) is 31.2 Å². The fourth-order valence-corrected chi connectivity index (χ4v) is 1.97. The first-order valence-corrected chi connectivity index (χ1v) is 5.78. The quantitative estimate of drug-likeness (QED) is 0.901. The van der Waals surface area contributed by atoms with Crippen molar-refractivity contribution in [2.24, 2.45) is 5.73 Å². The third-order valence-electron chi connectivity index (χ3n) is 2.95. The first-order chi connectivity index (χ1) is 8.63. The van der Waals surface area contributed by atoms with Crippen molar-refractivity contribution in [3.8, 4) is 5.75 Å². The smallest absolute Gasteiger partial charge is 0.170 e. The van der Waals surface area contributed by atoms with Crippen molar-refractivity contribution in [2.45, 2.75) is 13.0 Å². The lowest BCUT2D eigenvalue weighted by molar-refractivity contribution is 0.383. The van der Waals surface area contributed by atoms with E-state index in [2.05, 4.69) is 0 Å². The molecule has 0 saturated carbocycles. The molecule has 0 saturated heterocycles. The minimum absolute atomic E-state index is 0.218. The van der Waals surface area contributed by atoms with Crippen molar-refractivity contribution in [3.05, 3.63) is 65.0 Å². The van der Waals surface area contributed by atoms with Crippen molar-refractivity contribution < 1.29 is 9.13 Å². The first kappa shape index (κ1) is 12.6. The van der Waals surface area contributed by atoms with Gasteiger partial charge >= 0.3 is 0 Å². The van der Waals surface area contributed by atoms with E-state index < -0.39 is 11.9 Å². The lowest BCUT2D eigenvalue weighted by atomic mass is 9.97. The summed E-state index contributed by atoms with van der Waals surface area (Å²) in [6.07, 6.45) is 0. The zero-order chi connectivity index (χ0) is 13.1. The van der Waals surface area contributed by atoms with Crippen LogP contribution in [-0.2, 0) is 0 Å². The largest absolute Gasteiger partial charge is 0.494 e. The second-order valence-electron chi connectivity index (χ2n) is 4.26. The van der Waals surface area contributed by atoms with Crippen LogP contribution in [0.1, 0.15) is 22.7 Å². The molecule has 0 aliphatic carbocycles. The van der Waals surface area contributed by atoms with E-state index in [0.717, 1.165) is 11.1 Å². The van der Waals surface area contributed by atoms with E-state index in [-0.39, 0.29) is 5.75 Å². The van der Waals surface area contributed by atoms with Crippen LogP contribution in [0.5, 0.6) is 5.75 Å². The highest BCUT2D eigenvalue weighted by atomic mass is 19.1. The topological polar surface area (TPSA) is 35.2 Å². The van der Waals surface area contributed by atoms with Crippen LogP contribution in [0.3, 0.4) is 0 Å².